The summed E-state index contributed by atoms with van der Waals surface area (Å²) in [5, 5.41) is 0. The highest BCUT2D eigenvalue weighted by atomic mass is 16.5. The van der Waals surface area contributed by atoms with Crippen LogP contribution in [0.3, 0.4) is 0 Å². The van der Waals surface area contributed by atoms with E-state index in [2.05, 4.69) is 32.7 Å². The fraction of sp³-hybridized carbons (Fsp3) is 0.862. The molecule has 0 spiro atoms. The van der Waals surface area contributed by atoms with Gasteiger partial charge in [-0.05, 0) is 111 Å². The molecule has 0 saturated heterocycles. The highest BCUT2D eigenvalue weighted by Gasteiger charge is 2.60. The summed E-state index contributed by atoms with van der Waals surface area (Å²) < 4.78 is 10.8. The van der Waals surface area contributed by atoms with E-state index in [0.717, 1.165) is 41.9 Å². The molecule has 5 rings (SSSR count). The molecule has 9 atom stereocenters. The van der Waals surface area contributed by atoms with Gasteiger partial charge in [0.25, 0.3) is 0 Å². The number of hydrogen-bond donors (Lipinski definition) is 0. The molecule has 4 nitrogen and oxygen atoms in total. The summed E-state index contributed by atoms with van der Waals surface area (Å²) in [4.78, 5) is 16.4. The maximum atomic E-state index is 12.0. The summed E-state index contributed by atoms with van der Waals surface area (Å²) in [6.07, 6.45) is 15.3. The highest BCUT2D eigenvalue weighted by Crippen LogP contribution is 2.68. The van der Waals surface area contributed by atoms with Crippen LogP contribution in [-0.4, -0.2) is 17.6 Å². The number of rotatable bonds is 5. The first-order valence-corrected chi connectivity index (χ1v) is 13.9. The third-order valence-electron chi connectivity index (χ3n) is 11.2. The van der Waals surface area contributed by atoms with Gasteiger partial charge in [0.05, 0.1) is 12.8 Å². The molecule has 1 heterocycles. The highest BCUT2D eigenvalue weighted by molar-refractivity contribution is 5.85. The van der Waals surface area contributed by atoms with Gasteiger partial charge in [-0.3, -0.25) is 0 Å². The van der Waals surface area contributed by atoms with Gasteiger partial charge in [-0.25, -0.2) is 9.78 Å². The van der Waals surface area contributed by atoms with Gasteiger partial charge >= 0.3 is 5.97 Å². The van der Waals surface area contributed by atoms with Crippen molar-refractivity contribution in [1.29, 1.82) is 0 Å². The van der Waals surface area contributed by atoms with E-state index in [4.69, 9.17) is 9.15 Å². The van der Waals surface area contributed by atoms with Gasteiger partial charge < -0.3 is 9.15 Å². The van der Waals surface area contributed by atoms with Crippen LogP contribution in [0, 0.1) is 52.3 Å². The lowest BCUT2D eigenvalue weighted by molar-refractivity contribution is -0.120. The van der Waals surface area contributed by atoms with Crippen LogP contribution in [0.2, 0.25) is 0 Å². The first-order chi connectivity index (χ1) is 15.8. The number of hydrogen-bond acceptors (Lipinski definition) is 4. The summed E-state index contributed by atoms with van der Waals surface area (Å²) in [6, 6.07) is 0. The van der Waals surface area contributed by atoms with Crippen LogP contribution < -0.4 is 0 Å². The van der Waals surface area contributed by atoms with Gasteiger partial charge in [0.15, 0.2) is 5.89 Å². The number of oxazole rings is 1. The molecule has 0 bridgehead atoms. The van der Waals surface area contributed by atoms with E-state index in [-0.39, 0.29) is 5.76 Å². The second kappa shape index (κ2) is 8.72. The van der Waals surface area contributed by atoms with E-state index >= 15 is 0 Å². The summed E-state index contributed by atoms with van der Waals surface area (Å²) >= 11 is 0. The molecule has 0 amide bonds. The Labute approximate surface area is 200 Å². The lowest BCUT2D eigenvalue weighted by atomic mass is 9.44. The van der Waals surface area contributed by atoms with Crippen molar-refractivity contribution in [3.05, 3.63) is 17.8 Å². The Hall–Kier alpha value is -1.32. The number of nitrogens with zero attached hydrogens (tertiary/aromatic N) is 1. The minimum absolute atomic E-state index is 0.238. The van der Waals surface area contributed by atoms with Gasteiger partial charge in [-0.1, -0.05) is 34.1 Å². The largest absolute Gasteiger partial charge is 0.460 e. The maximum absolute atomic E-state index is 12.0. The summed E-state index contributed by atoms with van der Waals surface area (Å²) in [5.41, 5.74) is 1.05. The van der Waals surface area contributed by atoms with Crippen molar-refractivity contribution in [2.24, 2.45) is 52.3 Å². The number of aromatic nitrogens is 1. The van der Waals surface area contributed by atoms with Crippen LogP contribution in [0.4, 0.5) is 0 Å². The zero-order valence-electron chi connectivity index (χ0n) is 21.6. The van der Waals surface area contributed by atoms with E-state index in [1.54, 1.807) is 0 Å². The molecule has 0 radical (unpaired) electrons. The van der Waals surface area contributed by atoms with Crippen molar-refractivity contribution >= 4 is 5.97 Å². The average Bonchev–Trinajstić information content (AvgIpc) is 3.38. The standard InChI is InChI=1S/C29H45NO3/c1-6-32-27(31)25-17-30-26(33-25)16-19(3)22-9-10-23-21-8-7-20-15-18(2)11-13-28(20,4)24(21)12-14-29(22,23)5/h17-24H,6-16H2,1-5H3/t18-,19+,20+,21-,22?,23?,24?,28-,29+/m0/s1. The molecule has 33 heavy (non-hydrogen) atoms. The molecule has 4 aliphatic carbocycles. The molecule has 1 aromatic rings. The van der Waals surface area contributed by atoms with Crippen LogP contribution in [0.5, 0.6) is 0 Å². The van der Waals surface area contributed by atoms with Crippen LogP contribution >= 0.6 is 0 Å². The summed E-state index contributed by atoms with van der Waals surface area (Å²) in [7, 11) is 0. The predicted molar refractivity (Wildman–Crippen MR) is 130 cm³/mol. The Morgan fingerprint density at radius 2 is 1.88 bits per heavy atom. The minimum Gasteiger partial charge on any atom is -0.460 e. The van der Waals surface area contributed by atoms with Gasteiger partial charge in [-0.15, -0.1) is 0 Å². The summed E-state index contributed by atoms with van der Waals surface area (Å²) in [5.74, 6) is 6.45. The van der Waals surface area contributed by atoms with Gasteiger partial charge in [0.2, 0.25) is 5.76 Å². The lowest BCUT2D eigenvalue weighted by Crippen LogP contribution is -2.53. The van der Waals surface area contributed by atoms with Gasteiger partial charge in [0, 0.05) is 6.42 Å². The fourth-order valence-electron chi connectivity index (χ4n) is 9.57. The van der Waals surface area contributed by atoms with Crippen molar-refractivity contribution in [2.45, 2.75) is 98.8 Å². The monoisotopic (exact) mass is 455 g/mol. The molecular weight excluding hydrogens is 410 g/mol. The SMILES string of the molecule is CCOC(=O)c1cnc(C[C@@H](C)C2CCC3[C@@H]4CC[C@@H]5C[C@@H](C)CC[C@]5(C)C4CC[C@@]32C)o1. The second-order valence-electron chi connectivity index (χ2n) is 12.8. The van der Waals surface area contributed by atoms with E-state index in [1.165, 1.54) is 64.0 Å². The smallest absolute Gasteiger partial charge is 0.375 e. The van der Waals surface area contributed by atoms with Gasteiger partial charge in [-0.2, -0.15) is 0 Å². The van der Waals surface area contributed by atoms with E-state index in [1.807, 2.05) is 6.92 Å². The average molecular weight is 456 g/mol. The fourth-order valence-corrected chi connectivity index (χ4v) is 9.57. The van der Waals surface area contributed by atoms with Crippen molar-refractivity contribution in [3.8, 4) is 0 Å². The van der Waals surface area contributed by atoms with Crippen LogP contribution in [0.25, 0.3) is 0 Å². The first kappa shape index (κ1) is 23.4. The topological polar surface area (TPSA) is 52.3 Å². The van der Waals surface area contributed by atoms with Crippen molar-refractivity contribution in [3.63, 3.8) is 0 Å². The lowest BCUT2D eigenvalue weighted by Gasteiger charge is -2.61. The normalized spacial score (nSPS) is 43.3. The molecular formula is C29H45NO3. The number of carbonyl (C=O) groups excluding carboxylic acids is 1. The van der Waals surface area contributed by atoms with Crippen molar-refractivity contribution < 1.29 is 13.9 Å². The number of ether oxygens (including phenoxy) is 1. The molecule has 0 aromatic carbocycles. The van der Waals surface area contributed by atoms with Crippen molar-refractivity contribution in [2.75, 3.05) is 6.61 Å². The molecule has 4 fully saturated rings. The Morgan fingerprint density at radius 1 is 1.12 bits per heavy atom. The third-order valence-corrected chi connectivity index (χ3v) is 11.2. The Balaban J connectivity index is 1.28. The van der Waals surface area contributed by atoms with E-state index < -0.39 is 5.97 Å². The number of esters is 1. The Morgan fingerprint density at radius 3 is 2.67 bits per heavy atom. The third kappa shape index (κ3) is 3.88. The molecule has 3 unspecified atom stereocenters. The quantitative estimate of drug-likeness (QED) is 0.436. The first-order valence-electron chi connectivity index (χ1n) is 13.9. The Bertz CT molecular complexity index is 863. The molecule has 0 N–H and O–H groups in total. The zero-order valence-corrected chi connectivity index (χ0v) is 21.6. The maximum Gasteiger partial charge on any atom is 0.375 e. The van der Waals surface area contributed by atoms with Crippen LogP contribution in [0.15, 0.2) is 10.6 Å². The van der Waals surface area contributed by atoms with Crippen LogP contribution in [-0.2, 0) is 11.2 Å². The second-order valence-corrected chi connectivity index (χ2v) is 12.8. The molecule has 4 heteroatoms. The predicted octanol–water partition coefficient (Wildman–Crippen LogP) is 7.32. The number of carbonyl (C=O) groups is 1. The van der Waals surface area contributed by atoms with Crippen LogP contribution in [0.1, 0.15) is 109 Å². The summed E-state index contributed by atoms with van der Waals surface area (Å²) in [6.45, 7) is 12.3. The molecule has 1 aromatic heterocycles. The van der Waals surface area contributed by atoms with Crippen molar-refractivity contribution in [1.82, 2.24) is 4.98 Å². The van der Waals surface area contributed by atoms with E-state index in [0.29, 0.717) is 29.2 Å². The Kier molecular flexibility index (Phi) is 6.19. The molecule has 0 aliphatic heterocycles. The molecule has 184 valence electrons. The minimum atomic E-state index is -0.406. The molecule has 4 saturated carbocycles. The van der Waals surface area contributed by atoms with E-state index in [9.17, 15) is 4.79 Å². The zero-order chi connectivity index (χ0) is 23.4. The molecule has 4 aliphatic rings. The number of fused-ring (bicyclic) bond motifs is 5. The van der Waals surface area contributed by atoms with Gasteiger partial charge in [0.1, 0.15) is 0 Å².